The zero-order valence-electron chi connectivity index (χ0n) is 15.0. The molecule has 10 heteroatoms. The number of hydrogen-bond acceptors (Lipinski definition) is 5. The van der Waals surface area contributed by atoms with Gasteiger partial charge in [-0.05, 0) is 36.4 Å². The van der Waals surface area contributed by atoms with Crippen molar-refractivity contribution in [3.05, 3.63) is 82.2 Å². The van der Waals surface area contributed by atoms with Crippen LogP contribution in [0, 0.1) is 0 Å². The van der Waals surface area contributed by atoms with Crippen molar-refractivity contribution in [2.45, 2.75) is 4.90 Å². The van der Waals surface area contributed by atoms with Crippen LogP contribution in [0.4, 0.5) is 5.69 Å². The van der Waals surface area contributed by atoms with Crippen LogP contribution >= 0.6 is 34.8 Å². The fourth-order valence-electron chi connectivity index (χ4n) is 2.70. The molecule has 2 heterocycles. The van der Waals surface area contributed by atoms with Gasteiger partial charge in [0.15, 0.2) is 0 Å². The van der Waals surface area contributed by atoms with Crippen LogP contribution in [0.25, 0.3) is 10.8 Å². The number of nitrogens with one attached hydrogen (secondary N) is 1. The van der Waals surface area contributed by atoms with Crippen LogP contribution in [-0.2, 0) is 10.0 Å². The number of fused-ring (bicyclic) bond motifs is 1. The fraction of sp³-hybridized carbons (Fsp3) is 0. The first kappa shape index (κ1) is 20.7. The summed E-state index contributed by atoms with van der Waals surface area (Å²) in [5.41, 5.74) is 0.167. The minimum Gasteiger partial charge on any atom is -0.437 e. The van der Waals surface area contributed by atoms with Crippen molar-refractivity contribution in [2.24, 2.45) is 0 Å². The molecule has 0 aliphatic heterocycles. The monoisotopic (exact) mass is 479 g/mol. The molecule has 0 atom stereocenters. The normalized spacial score (nSPS) is 11.4. The summed E-state index contributed by atoms with van der Waals surface area (Å²) in [6.45, 7) is 0. The number of hydrogen-bond donors (Lipinski definition) is 1. The number of anilines is 1. The van der Waals surface area contributed by atoms with Gasteiger partial charge in [0.2, 0.25) is 5.88 Å². The highest BCUT2D eigenvalue weighted by atomic mass is 35.5. The van der Waals surface area contributed by atoms with Crippen molar-refractivity contribution < 1.29 is 13.2 Å². The maximum Gasteiger partial charge on any atom is 0.261 e. The molecule has 4 rings (SSSR count). The van der Waals surface area contributed by atoms with Crippen molar-refractivity contribution in [1.29, 1.82) is 0 Å². The van der Waals surface area contributed by atoms with E-state index in [4.69, 9.17) is 39.5 Å². The average molecular weight is 481 g/mol. The van der Waals surface area contributed by atoms with Gasteiger partial charge in [-0.25, -0.2) is 13.4 Å². The van der Waals surface area contributed by atoms with Crippen molar-refractivity contribution in [3.8, 4) is 11.6 Å². The third-order valence-electron chi connectivity index (χ3n) is 4.11. The minimum absolute atomic E-state index is 0.0438. The summed E-state index contributed by atoms with van der Waals surface area (Å²) in [7, 11) is -3.91. The second-order valence-corrected chi connectivity index (χ2v) is 9.05. The Labute approximate surface area is 187 Å². The van der Waals surface area contributed by atoms with Gasteiger partial charge in [-0.2, -0.15) is 0 Å². The van der Waals surface area contributed by atoms with Gasteiger partial charge >= 0.3 is 0 Å². The first-order chi connectivity index (χ1) is 14.3. The molecule has 152 valence electrons. The Morgan fingerprint density at radius 1 is 0.900 bits per heavy atom. The molecule has 0 fully saturated rings. The summed E-state index contributed by atoms with van der Waals surface area (Å²) in [6.07, 6.45) is 4.69. The predicted molar refractivity (Wildman–Crippen MR) is 118 cm³/mol. The first-order valence-electron chi connectivity index (χ1n) is 8.47. The van der Waals surface area contributed by atoms with Gasteiger partial charge in [0.1, 0.15) is 10.8 Å². The Balaban J connectivity index is 1.59. The Morgan fingerprint density at radius 2 is 1.73 bits per heavy atom. The molecule has 0 amide bonds. The molecular formula is C20H12Cl3N3O3S. The molecule has 0 radical (unpaired) electrons. The Bertz CT molecular complexity index is 1360. The van der Waals surface area contributed by atoms with Gasteiger partial charge in [-0.15, -0.1) is 0 Å². The van der Waals surface area contributed by atoms with Gasteiger partial charge in [0, 0.05) is 23.2 Å². The third-order valence-corrected chi connectivity index (χ3v) is 6.50. The molecule has 30 heavy (non-hydrogen) atoms. The lowest BCUT2D eigenvalue weighted by molar-refractivity contribution is 0.468. The van der Waals surface area contributed by atoms with Crippen LogP contribution in [0.15, 0.2) is 72.0 Å². The molecule has 0 aliphatic rings. The molecule has 4 aromatic rings. The zero-order valence-corrected chi connectivity index (χ0v) is 18.1. The Morgan fingerprint density at radius 3 is 2.50 bits per heavy atom. The molecule has 6 nitrogen and oxygen atoms in total. The van der Waals surface area contributed by atoms with Crippen LogP contribution < -0.4 is 9.46 Å². The first-order valence-corrected chi connectivity index (χ1v) is 11.1. The highest BCUT2D eigenvalue weighted by Crippen LogP contribution is 2.33. The lowest BCUT2D eigenvalue weighted by Crippen LogP contribution is -2.13. The van der Waals surface area contributed by atoms with E-state index in [-0.39, 0.29) is 31.5 Å². The lowest BCUT2D eigenvalue weighted by atomic mass is 10.1. The van der Waals surface area contributed by atoms with Crippen LogP contribution in [0.3, 0.4) is 0 Å². The van der Waals surface area contributed by atoms with E-state index in [1.807, 2.05) is 18.2 Å². The molecule has 2 aromatic carbocycles. The summed E-state index contributed by atoms with van der Waals surface area (Å²) in [5.74, 6) is 0.687. The number of nitrogens with zero attached hydrogens (tertiary/aromatic N) is 2. The summed E-state index contributed by atoms with van der Waals surface area (Å²) in [6, 6.07) is 12.7. The number of aromatic nitrogens is 2. The van der Waals surface area contributed by atoms with Crippen LogP contribution in [0.5, 0.6) is 11.6 Å². The number of pyridine rings is 2. The van der Waals surface area contributed by atoms with E-state index in [9.17, 15) is 8.42 Å². The van der Waals surface area contributed by atoms with Crippen LogP contribution in [0.1, 0.15) is 0 Å². The van der Waals surface area contributed by atoms with Gasteiger partial charge in [-0.3, -0.25) is 9.71 Å². The quantitative estimate of drug-likeness (QED) is 0.369. The van der Waals surface area contributed by atoms with Crippen molar-refractivity contribution in [3.63, 3.8) is 0 Å². The number of benzene rings is 2. The summed E-state index contributed by atoms with van der Waals surface area (Å²) in [4.78, 5) is 8.18. The van der Waals surface area contributed by atoms with Gasteiger partial charge in [-0.1, -0.05) is 46.9 Å². The maximum absolute atomic E-state index is 12.6. The molecule has 1 N–H and O–H groups in total. The standard InChI is InChI=1S/C20H12Cl3N3O3S/c21-16-5-4-14(9-17(16)22)30(27,28)26-13-8-18(23)20(25-11-13)29-19-3-1-2-12-10-24-7-6-15(12)19/h1-11,26H. The highest BCUT2D eigenvalue weighted by Gasteiger charge is 2.17. The van der Waals surface area contributed by atoms with Gasteiger partial charge in [0.25, 0.3) is 10.0 Å². The number of ether oxygens (including phenoxy) is 1. The SMILES string of the molecule is O=S(=O)(Nc1cnc(Oc2cccc3cnccc23)c(Cl)c1)c1ccc(Cl)c(Cl)c1. The third kappa shape index (κ3) is 4.29. The van der Waals surface area contributed by atoms with E-state index in [1.54, 1.807) is 18.5 Å². The molecule has 0 spiro atoms. The van der Waals surface area contributed by atoms with Gasteiger partial charge < -0.3 is 4.74 Å². The average Bonchev–Trinajstić information content (AvgIpc) is 2.72. The van der Waals surface area contributed by atoms with E-state index in [0.717, 1.165) is 10.8 Å². The molecule has 0 unspecified atom stereocenters. The summed E-state index contributed by atoms with van der Waals surface area (Å²) in [5, 5.41) is 2.26. The smallest absolute Gasteiger partial charge is 0.261 e. The zero-order chi connectivity index (χ0) is 21.3. The van der Waals surface area contributed by atoms with E-state index in [1.165, 1.54) is 30.5 Å². The van der Waals surface area contributed by atoms with Crippen LogP contribution in [0.2, 0.25) is 15.1 Å². The molecule has 0 aliphatic carbocycles. The fourth-order valence-corrected chi connectivity index (χ4v) is 4.33. The van der Waals surface area contributed by atoms with Crippen molar-refractivity contribution in [2.75, 3.05) is 4.72 Å². The Kier molecular flexibility index (Phi) is 5.71. The van der Waals surface area contributed by atoms with E-state index in [2.05, 4.69) is 14.7 Å². The number of rotatable bonds is 5. The van der Waals surface area contributed by atoms with Crippen molar-refractivity contribution in [1.82, 2.24) is 9.97 Å². The van der Waals surface area contributed by atoms with E-state index >= 15 is 0 Å². The number of sulfonamides is 1. The van der Waals surface area contributed by atoms with Crippen LogP contribution in [-0.4, -0.2) is 18.4 Å². The van der Waals surface area contributed by atoms with E-state index < -0.39 is 10.0 Å². The second kappa shape index (κ2) is 8.28. The molecule has 0 saturated carbocycles. The van der Waals surface area contributed by atoms with Crippen molar-refractivity contribution >= 4 is 61.3 Å². The molecule has 2 aromatic heterocycles. The van der Waals surface area contributed by atoms with E-state index in [0.29, 0.717) is 5.75 Å². The highest BCUT2D eigenvalue weighted by molar-refractivity contribution is 7.92. The number of halogens is 3. The largest absolute Gasteiger partial charge is 0.437 e. The Hall–Kier alpha value is -2.58. The predicted octanol–water partition coefficient (Wildman–Crippen LogP) is 6.18. The lowest BCUT2D eigenvalue weighted by Gasteiger charge is -2.12. The molecule has 0 bridgehead atoms. The molecule has 0 saturated heterocycles. The van der Waals surface area contributed by atoms with Gasteiger partial charge in [0.05, 0.1) is 26.8 Å². The maximum atomic E-state index is 12.6. The topological polar surface area (TPSA) is 81.2 Å². The molecular weight excluding hydrogens is 469 g/mol. The second-order valence-electron chi connectivity index (χ2n) is 6.15. The summed E-state index contributed by atoms with van der Waals surface area (Å²) < 4.78 is 33.4. The minimum atomic E-state index is -3.91. The summed E-state index contributed by atoms with van der Waals surface area (Å²) >= 11 is 18.0.